The normalized spacial score (nSPS) is 11.0. The summed E-state index contributed by atoms with van der Waals surface area (Å²) in [5, 5.41) is 10.6. The molecule has 0 unspecified atom stereocenters. The van der Waals surface area contributed by atoms with E-state index >= 15 is 0 Å². The van der Waals surface area contributed by atoms with E-state index in [1.165, 1.54) is 26.5 Å². The van der Waals surface area contributed by atoms with E-state index in [0.717, 1.165) is 6.26 Å². The highest BCUT2D eigenvalue weighted by molar-refractivity contribution is 7.90. The maximum absolute atomic E-state index is 11.6. The van der Waals surface area contributed by atoms with Crippen LogP contribution < -0.4 is 14.8 Å². The first-order valence-corrected chi connectivity index (χ1v) is 8.77. The van der Waals surface area contributed by atoms with Gasteiger partial charge in [-0.3, -0.25) is 0 Å². The van der Waals surface area contributed by atoms with Crippen LogP contribution in [0.4, 0.5) is 11.5 Å². The van der Waals surface area contributed by atoms with E-state index in [-0.39, 0.29) is 5.16 Å². The van der Waals surface area contributed by atoms with Crippen molar-refractivity contribution < 1.29 is 17.9 Å². The summed E-state index contributed by atoms with van der Waals surface area (Å²) in [5.74, 6) is 1.26. The Balaban J connectivity index is 2.51. The zero-order valence-corrected chi connectivity index (χ0v) is 14.6. The third-order valence-electron chi connectivity index (χ3n) is 3.16. The number of hydrogen-bond donors (Lipinski definition) is 2. The quantitative estimate of drug-likeness (QED) is 0.605. The van der Waals surface area contributed by atoms with Crippen molar-refractivity contribution in [2.45, 2.75) is 12.1 Å². The van der Waals surface area contributed by atoms with Crippen molar-refractivity contribution in [3.8, 4) is 11.5 Å². The Morgan fingerprint density at radius 3 is 2.38 bits per heavy atom. The molecule has 0 spiro atoms. The fourth-order valence-electron chi connectivity index (χ4n) is 2.02. The molecule has 1 heterocycles. The molecular weight excluding hydrogens is 332 g/mol. The number of benzene rings is 1. The Bertz CT molecular complexity index is 881. The number of nitrogens with zero attached hydrogens (tertiary/aromatic N) is 2. The molecule has 0 aliphatic heterocycles. The first-order chi connectivity index (χ1) is 11.3. The molecule has 128 valence electrons. The third kappa shape index (κ3) is 3.80. The smallest absolute Gasteiger partial charge is 0.248 e. The van der Waals surface area contributed by atoms with Crippen LogP contribution in [0.1, 0.15) is 12.5 Å². The molecule has 0 aliphatic rings. The average Bonchev–Trinajstić information content (AvgIpc) is 2.53. The molecule has 0 amide bonds. The number of anilines is 2. The number of rotatable bonds is 6. The highest BCUT2D eigenvalue weighted by atomic mass is 32.2. The Morgan fingerprint density at radius 2 is 1.83 bits per heavy atom. The predicted octanol–water partition coefficient (Wildman–Crippen LogP) is 2.03. The maximum Gasteiger partial charge on any atom is 0.248 e. The van der Waals surface area contributed by atoms with E-state index in [0.29, 0.717) is 34.3 Å². The van der Waals surface area contributed by atoms with Crippen molar-refractivity contribution in [3.63, 3.8) is 0 Å². The van der Waals surface area contributed by atoms with E-state index in [1.54, 1.807) is 19.1 Å². The molecule has 1 aromatic carbocycles. The molecule has 2 aromatic rings. The van der Waals surface area contributed by atoms with Crippen molar-refractivity contribution in [1.82, 2.24) is 9.97 Å². The van der Waals surface area contributed by atoms with Crippen molar-refractivity contribution >= 4 is 27.1 Å². The van der Waals surface area contributed by atoms with Gasteiger partial charge in [0.25, 0.3) is 0 Å². The van der Waals surface area contributed by atoms with Crippen LogP contribution in [0.3, 0.4) is 0 Å². The summed E-state index contributed by atoms with van der Waals surface area (Å²) in [5.41, 5.74) is 1.42. The molecule has 0 atom stereocenters. The topological polar surface area (TPSA) is 114 Å². The lowest BCUT2D eigenvalue weighted by Crippen LogP contribution is -2.07. The summed E-state index contributed by atoms with van der Waals surface area (Å²) in [6, 6.07) is 4.87. The van der Waals surface area contributed by atoms with Gasteiger partial charge in [-0.25, -0.2) is 18.4 Å². The highest BCUT2D eigenvalue weighted by Gasteiger charge is 2.15. The molecule has 24 heavy (non-hydrogen) atoms. The summed E-state index contributed by atoms with van der Waals surface area (Å²) in [7, 11) is -0.501. The summed E-state index contributed by atoms with van der Waals surface area (Å²) in [4.78, 5) is 7.73. The summed E-state index contributed by atoms with van der Waals surface area (Å²) in [6.07, 6.45) is 2.39. The maximum atomic E-state index is 11.6. The monoisotopic (exact) mass is 350 g/mol. The molecule has 2 rings (SSSR count). The summed E-state index contributed by atoms with van der Waals surface area (Å²) < 4.78 is 33.7. The number of methoxy groups -OCH3 is 2. The first-order valence-electron chi connectivity index (χ1n) is 6.88. The molecule has 0 saturated heterocycles. The van der Waals surface area contributed by atoms with Crippen molar-refractivity contribution in [2.24, 2.45) is 0 Å². The first kappa shape index (κ1) is 17.7. The Kier molecular flexibility index (Phi) is 5.03. The van der Waals surface area contributed by atoms with Crippen LogP contribution in [0.15, 0.2) is 29.6 Å². The van der Waals surface area contributed by atoms with Gasteiger partial charge in [0.05, 0.1) is 19.9 Å². The minimum atomic E-state index is -3.52. The molecule has 0 aliphatic carbocycles. The lowest BCUT2D eigenvalue weighted by Gasteiger charge is -2.15. The number of aromatic nitrogens is 2. The van der Waals surface area contributed by atoms with Gasteiger partial charge in [-0.05, 0) is 19.1 Å². The van der Waals surface area contributed by atoms with Crippen molar-refractivity contribution in [3.05, 3.63) is 30.0 Å². The van der Waals surface area contributed by atoms with E-state index in [1.807, 2.05) is 0 Å². The molecule has 0 bridgehead atoms. The standard InChI is InChI=1S/C15H18N4O4S/c1-9(16)10-7-12(22-2)13(23-3)8-11(10)18-14-5-6-17-15(19-14)24(4,20)21/h5-8,16H,1-4H3,(H,17,18,19). The van der Waals surface area contributed by atoms with Crippen LogP contribution in [0, 0.1) is 5.41 Å². The van der Waals surface area contributed by atoms with Gasteiger partial charge in [0, 0.05) is 29.8 Å². The van der Waals surface area contributed by atoms with E-state index in [9.17, 15) is 8.42 Å². The van der Waals surface area contributed by atoms with Crippen LogP contribution >= 0.6 is 0 Å². The molecule has 0 fully saturated rings. The van der Waals surface area contributed by atoms with Gasteiger partial charge in [0.15, 0.2) is 11.5 Å². The van der Waals surface area contributed by atoms with Crippen molar-refractivity contribution in [1.29, 1.82) is 5.41 Å². The number of nitrogens with one attached hydrogen (secondary N) is 2. The van der Waals surface area contributed by atoms with Crippen LogP contribution in [0.5, 0.6) is 11.5 Å². The van der Waals surface area contributed by atoms with Crippen molar-refractivity contribution in [2.75, 3.05) is 25.8 Å². The SMILES string of the molecule is COc1cc(Nc2ccnc(S(C)(=O)=O)n2)c(C(C)=N)cc1OC. The Labute approximate surface area is 140 Å². The van der Waals surface area contributed by atoms with Crippen LogP contribution in [0.25, 0.3) is 0 Å². The zero-order chi connectivity index (χ0) is 17.9. The van der Waals surface area contributed by atoms with E-state index in [2.05, 4.69) is 15.3 Å². The fraction of sp³-hybridized carbons (Fsp3) is 0.267. The summed E-state index contributed by atoms with van der Waals surface area (Å²) >= 11 is 0. The number of sulfone groups is 1. The highest BCUT2D eigenvalue weighted by Crippen LogP contribution is 2.34. The molecule has 0 saturated carbocycles. The largest absolute Gasteiger partial charge is 0.493 e. The minimum absolute atomic E-state index is 0.277. The zero-order valence-electron chi connectivity index (χ0n) is 13.7. The predicted molar refractivity (Wildman–Crippen MR) is 90.5 cm³/mol. The van der Waals surface area contributed by atoms with Gasteiger partial charge in [-0.1, -0.05) is 0 Å². The summed E-state index contributed by atoms with van der Waals surface area (Å²) in [6.45, 7) is 1.63. The molecule has 9 heteroatoms. The minimum Gasteiger partial charge on any atom is -0.493 e. The average molecular weight is 350 g/mol. The van der Waals surface area contributed by atoms with Gasteiger partial charge in [-0.15, -0.1) is 0 Å². The number of ether oxygens (including phenoxy) is 2. The van der Waals surface area contributed by atoms with Crippen LogP contribution in [0.2, 0.25) is 0 Å². The molecule has 1 aromatic heterocycles. The third-order valence-corrected chi connectivity index (χ3v) is 4.02. The fourth-order valence-corrected chi connectivity index (χ4v) is 2.54. The Hall–Kier alpha value is -2.68. The lowest BCUT2D eigenvalue weighted by molar-refractivity contribution is 0.355. The van der Waals surface area contributed by atoms with Crippen LogP contribution in [-0.4, -0.2) is 44.6 Å². The number of hydrogen-bond acceptors (Lipinski definition) is 8. The van der Waals surface area contributed by atoms with Gasteiger partial charge in [0.1, 0.15) is 5.82 Å². The van der Waals surface area contributed by atoms with Gasteiger partial charge < -0.3 is 20.2 Å². The molecular formula is C15H18N4O4S. The van der Waals surface area contributed by atoms with Gasteiger partial charge in [0.2, 0.25) is 15.0 Å². The van der Waals surface area contributed by atoms with Gasteiger partial charge >= 0.3 is 0 Å². The van der Waals surface area contributed by atoms with Gasteiger partial charge in [-0.2, -0.15) is 0 Å². The van der Waals surface area contributed by atoms with E-state index < -0.39 is 9.84 Å². The molecule has 8 nitrogen and oxygen atoms in total. The van der Waals surface area contributed by atoms with E-state index in [4.69, 9.17) is 14.9 Å². The Morgan fingerprint density at radius 1 is 1.21 bits per heavy atom. The molecule has 2 N–H and O–H groups in total. The van der Waals surface area contributed by atoms with Crippen LogP contribution in [-0.2, 0) is 9.84 Å². The second-order valence-electron chi connectivity index (χ2n) is 5.00. The molecule has 0 radical (unpaired) electrons. The lowest BCUT2D eigenvalue weighted by atomic mass is 10.1. The second kappa shape index (κ2) is 6.83. The second-order valence-corrected chi connectivity index (χ2v) is 6.91.